The van der Waals surface area contributed by atoms with Crippen molar-refractivity contribution in [2.75, 3.05) is 44.2 Å². The number of nitrogens with zero attached hydrogens (tertiary/aromatic N) is 5. The van der Waals surface area contributed by atoms with Gasteiger partial charge >= 0.3 is 5.97 Å². The molecule has 8 heteroatoms. The van der Waals surface area contributed by atoms with Crippen molar-refractivity contribution in [2.24, 2.45) is 0 Å². The number of fused-ring (bicyclic) bond motifs is 3. The van der Waals surface area contributed by atoms with E-state index in [4.69, 9.17) is 9.72 Å². The van der Waals surface area contributed by atoms with Crippen molar-refractivity contribution in [3.05, 3.63) is 34.6 Å². The molecule has 2 bridgehead atoms. The maximum atomic E-state index is 14.2. The van der Waals surface area contributed by atoms with Crippen LogP contribution in [0.2, 0.25) is 0 Å². The van der Waals surface area contributed by atoms with Crippen molar-refractivity contribution < 1.29 is 9.53 Å². The van der Waals surface area contributed by atoms with E-state index in [1.54, 1.807) is 0 Å². The van der Waals surface area contributed by atoms with Gasteiger partial charge in [0.25, 0.3) is 5.56 Å². The van der Waals surface area contributed by atoms with Crippen LogP contribution >= 0.6 is 0 Å². The number of benzene rings is 1. The molecule has 1 saturated carbocycles. The van der Waals surface area contributed by atoms with E-state index >= 15 is 0 Å². The fourth-order valence-corrected chi connectivity index (χ4v) is 7.94. The normalized spacial score (nSPS) is 27.4. The Hall–Kier alpha value is -2.45. The Kier molecular flexibility index (Phi) is 8.21. The maximum Gasteiger partial charge on any atom is 0.320 e. The first-order valence-corrected chi connectivity index (χ1v) is 15.5. The first-order chi connectivity index (χ1) is 19.1. The zero-order chi connectivity index (χ0) is 26.8. The molecule has 4 aliphatic rings. The van der Waals surface area contributed by atoms with Gasteiger partial charge in [0.1, 0.15) is 0 Å². The molecule has 4 fully saturated rings. The van der Waals surface area contributed by atoms with Gasteiger partial charge in [-0.1, -0.05) is 44.2 Å². The van der Waals surface area contributed by atoms with E-state index in [-0.39, 0.29) is 17.6 Å². The van der Waals surface area contributed by atoms with Gasteiger partial charge in [-0.25, -0.2) is 4.98 Å². The summed E-state index contributed by atoms with van der Waals surface area (Å²) >= 11 is 0. The van der Waals surface area contributed by atoms with Crippen LogP contribution in [0, 0.1) is 0 Å². The summed E-state index contributed by atoms with van der Waals surface area (Å²) in [7, 11) is 0. The van der Waals surface area contributed by atoms with E-state index in [1.807, 2.05) is 25.1 Å². The summed E-state index contributed by atoms with van der Waals surface area (Å²) < 4.78 is 7.24. The third-order valence-corrected chi connectivity index (χ3v) is 9.73. The number of anilines is 1. The van der Waals surface area contributed by atoms with Crippen molar-refractivity contribution in [3.63, 3.8) is 0 Å². The predicted molar refractivity (Wildman–Crippen MR) is 154 cm³/mol. The molecule has 1 aliphatic carbocycles. The van der Waals surface area contributed by atoms with Crippen LogP contribution in [0.15, 0.2) is 29.1 Å². The number of piperidine rings is 1. The second-order valence-electron chi connectivity index (χ2n) is 12.1. The number of para-hydroxylation sites is 2. The summed E-state index contributed by atoms with van der Waals surface area (Å²) in [6.07, 6.45) is 14.3. The summed E-state index contributed by atoms with van der Waals surface area (Å²) in [5, 5.41) is 0. The minimum absolute atomic E-state index is 0.0522. The van der Waals surface area contributed by atoms with E-state index in [1.165, 1.54) is 57.8 Å². The quantitative estimate of drug-likeness (QED) is 0.509. The standard InChI is InChI=1S/C31H45N5O3/c1-2-39-29(37)22-33-16-18-34(19-17-33)30-31(38)36(28-13-9-8-12-27(28)32-30)26-20-24-14-15-25(21-26)35(24)23-10-6-4-3-5-7-11-23/h8-9,12-13,23-26H,2-7,10-11,14-22H2,1H3/t24-,25+,26?. The van der Waals surface area contributed by atoms with Gasteiger partial charge in [-0.05, 0) is 57.6 Å². The van der Waals surface area contributed by atoms with Crippen LogP contribution < -0.4 is 10.5 Å². The van der Waals surface area contributed by atoms with Crippen LogP contribution in [0.25, 0.3) is 11.0 Å². The zero-order valence-electron chi connectivity index (χ0n) is 23.6. The van der Waals surface area contributed by atoms with Crippen molar-refractivity contribution in [3.8, 4) is 0 Å². The molecule has 2 aromatic rings. The van der Waals surface area contributed by atoms with Crippen LogP contribution in [0.3, 0.4) is 0 Å². The molecule has 0 spiro atoms. The maximum absolute atomic E-state index is 14.2. The molecule has 1 unspecified atom stereocenters. The van der Waals surface area contributed by atoms with E-state index in [2.05, 4.69) is 25.3 Å². The summed E-state index contributed by atoms with van der Waals surface area (Å²) in [5.41, 5.74) is 1.92. The number of piperazine rings is 1. The molecule has 1 aromatic carbocycles. The van der Waals surface area contributed by atoms with Crippen molar-refractivity contribution in [2.45, 2.75) is 102 Å². The molecular formula is C31H45N5O3. The van der Waals surface area contributed by atoms with Gasteiger partial charge in [0.2, 0.25) is 0 Å². The van der Waals surface area contributed by atoms with Crippen LogP contribution in [-0.4, -0.2) is 82.8 Å². The average molecular weight is 536 g/mol. The molecule has 0 radical (unpaired) electrons. The highest BCUT2D eigenvalue weighted by atomic mass is 16.5. The molecule has 8 nitrogen and oxygen atoms in total. The van der Waals surface area contributed by atoms with Crippen LogP contribution in [0.1, 0.15) is 83.6 Å². The highest BCUT2D eigenvalue weighted by molar-refractivity contribution is 5.76. The third-order valence-electron chi connectivity index (χ3n) is 9.73. The van der Waals surface area contributed by atoms with Crippen LogP contribution in [0.5, 0.6) is 0 Å². The number of hydrogen-bond donors (Lipinski definition) is 0. The highest BCUT2D eigenvalue weighted by Crippen LogP contribution is 2.44. The Morgan fingerprint density at radius 2 is 1.54 bits per heavy atom. The van der Waals surface area contributed by atoms with Gasteiger partial charge in [0.15, 0.2) is 5.82 Å². The number of rotatable bonds is 6. The Bertz CT molecular complexity index is 1180. The smallest absolute Gasteiger partial charge is 0.320 e. The topological polar surface area (TPSA) is 70.9 Å². The van der Waals surface area contributed by atoms with E-state index in [9.17, 15) is 9.59 Å². The lowest BCUT2D eigenvalue weighted by Crippen LogP contribution is -2.51. The number of esters is 1. The molecule has 39 heavy (non-hydrogen) atoms. The summed E-state index contributed by atoms with van der Waals surface area (Å²) in [4.78, 5) is 38.2. The molecule has 1 aromatic heterocycles. The molecule has 212 valence electrons. The average Bonchev–Trinajstić information content (AvgIpc) is 3.17. The second kappa shape index (κ2) is 12.0. The van der Waals surface area contributed by atoms with Crippen molar-refractivity contribution in [1.29, 1.82) is 0 Å². The molecule has 4 heterocycles. The summed E-state index contributed by atoms with van der Waals surface area (Å²) in [5.74, 6) is 0.386. The van der Waals surface area contributed by atoms with Gasteiger partial charge in [0.05, 0.1) is 24.2 Å². The van der Waals surface area contributed by atoms with E-state index < -0.39 is 0 Å². The molecule has 0 N–H and O–H groups in total. The monoisotopic (exact) mass is 535 g/mol. The summed E-state index contributed by atoms with van der Waals surface area (Å²) in [6, 6.07) is 10.3. The molecule has 3 aliphatic heterocycles. The molecular weight excluding hydrogens is 490 g/mol. The Morgan fingerprint density at radius 1 is 0.872 bits per heavy atom. The Morgan fingerprint density at radius 3 is 2.23 bits per heavy atom. The van der Waals surface area contributed by atoms with Gasteiger partial charge < -0.3 is 14.2 Å². The molecule has 3 saturated heterocycles. The largest absolute Gasteiger partial charge is 0.465 e. The van der Waals surface area contributed by atoms with E-state index in [0.29, 0.717) is 44.1 Å². The lowest BCUT2D eigenvalue weighted by molar-refractivity contribution is -0.144. The number of hydrogen-bond acceptors (Lipinski definition) is 7. The highest BCUT2D eigenvalue weighted by Gasteiger charge is 2.44. The molecule has 0 amide bonds. The minimum atomic E-state index is -0.183. The van der Waals surface area contributed by atoms with Crippen molar-refractivity contribution >= 4 is 22.8 Å². The number of ether oxygens (including phenoxy) is 1. The van der Waals surface area contributed by atoms with E-state index in [0.717, 1.165) is 43.0 Å². The fraction of sp³-hybridized carbons (Fsp3) is 0.710. The minimum Gasteiger partial charge on any atom is -0.465 e. The molecule has 6 rings (SSSR count). The fourth-order valence-electron chi connectivity index (χ4n) is 7.94. The second-order valence-corrected chi connectivity index (χ2v) is 12.1. The molecule has 3 atom stereocenters. The lowest BCUT2D eigenvalue weighted by Gasteiger charge is -2.45. The van der Waals surface area contributed by atoms with Gasteiger partial charge in [-0.3, -0.25) is 19.4 Å². The Balaban J connectivity index is 1.23. The third kappa shape index (κ3) is 5.60. The Labute approximate surface area is 232 Å². The first kappa shape index (κ1) is 26.8. The number of carbonyl (C=O) groups excluding carboxylic acids is 1. The summed E-state index contributed by atoms with van der Waals surface area (Å²) in [6.45, 7) is 5.35. The van der Waals surface area contributed by atoms with Crippen LogP contribution in [0.4, 0.5) is 5.82 Å². The van der Waals surface area contributed by atoms with Gasteiger partial charge in [-0.2, -0.15) is 0 Å². The lowest BCUT2D eigenvalue weighted by atomic mass is 9.89. The number of carbonyl (C=O) groups is 1. The van der Waals surface area contributed by atoms with Gasteiger partial charge in [-0.15, -0.1) is 0 Å². The van der Waals surface area contributed by atoms with Crippen LogP contribution in [-0.2, 0) is 9.53 Å². The SMILES string of the molecule is CCOC(=O)CN1CCN(c2nc3ccccc3n(C3C[C@H]4CC[C@@H](C3)N4C3CCCCCCC3)c2=O)CC1. The zero-order valence-corrected chi connectivity index (χ0v) is 23.6. The number of aromatic nitrogens is 2. The first-order valence-electron chi connectivity index (χ1n) is 15.5. The van der Waals surface area contributed by atoms with Gasteiger partial charge in [0, 0.05) is 50.3 Å². The predicted octanol–water partition coefficient (Wildman–Crippen LogP) is 4.36. The van der Waals surface area contributed by atoms with Crippen molar-refractivity contribution in [1.82, 2.24) is 19.4 Å².